The van der Waals surface area contributed by atoms with Gasteiger partial charge in [0.15, 0.2) is 5.60 Å². The van der Waals surface area contributed by atoms with E-state index < -0.39 is 29.8 Å². The Labute approximate surface area is 310 Å². The smallest absolute Gasteiger partial charge is 0.254 e. The van der Waals surface area contributed by atoms with E-state index in [4.69, 9.17) is 26.8 Å². The number of hydrogen-bond acceptors (Lipinski definition) is 7. The summed E-state index contributed by atoms with van der Waals surface area (Å²) < 4.78 is 40.8. The fourth-order valence-corrected chi connectivity index (χ4v) is 9.16. The standard InChI is InChI=1S/C40H51ClF2N4O5/c1-45-16-3-2-6-34(51-20-19-46-17-14-39(42,43)15-18-46)31-10-7-28(31)24-47-25-38(13-4-5-27-21-30(41)9-11-32(27)38)26-52-35-12-8-29(22-33(35)47)40(50,37(44)49)23-36(45)48/h2,6,8-9,11-12,21-22,28,31,34,50H,3-5,7,10,13-20,23-26H2,1H3,(H2,44,49)/b6-2+/t28-,31+,34-,38-,40+/m0/s1. The molecule has 0 unspecified atom stereocenters. The van der Waals surface area contributed by atoms with Gasteiger partial charge in [0.2, 0.25) is 5.91 Å². The Morgan fingerprint density at radius 2 is 1.92 bits per heavy atom. The number of benzene rings is 2. The highest BCUT2D eigenvalue weighted by Crippen LogP contribution is 2.48. The molecule has 0 radical (unpaired) electrons. The SMILES string of the molecule is CN1CC/C=C/[C@H](OCCN2CCC(F)(F)CC2)[C@@H]2CC[C@H]2CN2C[C@@]3(CCCc4cc(Cl)ccc43)COc3ccc(cc32)[C@@](O)(C(N)=O)CC1=O. The molecule has 2 aromatic rings. The largest absolute Gasteiger partial charge is 0.490 e. The number of ether oxygens (including phenoxy) is 2. The maximum atomic E-state index is 13.8. The van der Waals surface area contributed by atoms with Gasteiger partial charge < -0.3 is 35.0 Å². The lowest BCUT2D eigenvalue weighted by atomic mass is 9.68. The normalized spacial score (nSPS) is 31.5. The van der Waals surface area contributed by atoms with Gasteiger partial charge in [0, 0.05) is 69.6 Å². The van der Waals surface area contributed by atoms with Gasteiger partial charge >= 0.3 is 0 Å². The van der Waals surface area contributed by atoms with Crippen molar-refractivity contribution in [3.8, 4) is 5.75 Å². The highest BCUT2D eigenvalue weighted by Gasteiger charge is 2.46. The summed E-state index contributed by atoms with van der Waals surface area (Å²) in [6.07, 6.45) is 8.66. The van der Waals surface area contributed by atoms with Crippen LogP contribution in [0.25, 0.3) is 0 Å². The van der Waals surface area contributed by atoms with E-state index >= 15 is 0 Å². The van der Waals surface area contributed by atoms with Gasteiger partial charge in [-0.2, -0.15) is 0 Å². The molecular weight excluding hydrogens is 690 g/mol. The Morgan fingerprint density at radius 1 is 1.12 bits per heavy atom. The number of rotatable bonds is 5. The summed E-state index contributed by atoms with van der Waals surface area (Å²) in [5.74, 6) is -2.83. The van der Waals surface area contributed by atoms with Crippen LogP contribution >= 0.6 is 11.6 Å². The summed E-state index contributed by atoms with van der Waals surface area (Å²) in [6.45, 7) is 3.96. The van der Waals surface area contributed by atoms with Crippen LogP contribution in [-0.2, 0) is 31.8 Å². The van der Waals surface area contributed by atoms with E-state index in [-0.39, 0.29) is 41.8 Å². The molecule has 1 saturated carbocycles. The number of anilines is 1. The number of nitrogens with two attached hydrogens (primary N) is 1. The van der Waals surface area contributed by atoms with Crippen molar-refractivity contribution in [2.45, 2.75) is 80.8 Å². The van der Waals surface area contributed by atoms with Gasteiger partial charge in [-0.3, -0.25) is 9.59 Å². The van der Waals surface area contributed by atoms with Gasteiger partial charge in [-0.25, -0.2) is 8.78 Å². The van der Waals surface area contributed by atoms with Crippen molar-refractivity contribution in [1.29, 1.82) is 0 Å². The predicted octanol–water partition coefficient (Wildman–Crippen LogP) is 5.44. The molecular formula is C40H51ClF2N4O5. The second-order valence-electron chi connectivity index (χ2n) is 15.8. The van der Waals surface area contributed by atoms with Crippen LogP contribution < -0.4 is 15.4 Å². The molecule has 2 bridgehead atoms. The van der Waals surface area contributed by atoms with E-state index in [1.165, 1.54) is 16.0 Å². The minimum atomic E-state index is -2.58. The number of carbonyl (C=O) groups excluding carboxylic acids is 2. The lowest BCUT2D eigenvalue weighted by molar-refractivity contribution is -0.147. The molecule has 282 valence electrons. The first-order valence-electron chi connectivity index (χ1n) is 18.8. The molecule has 2 aliphatic carbocycles. The number of amides is 2. The van der Waals surface area contributed by atoms with Crippen molar-refractivity contribution in [1.82, 2.24) is 9.80 Å². The van der Waals surface area contributed by atoms with Crippen molar-refractivity contribution >= 4 is 29.1 Å². The highest BCUT2D eigenvalue weighted by atomic mass is 35.5. The number of piperidine rings is 1. The molecule has 1 saturated heterocycles. The third-order valence-corrected chi connectivity index (χ3v) is 12.6. The number of likely N-dealkylation sites (tertiary alicyclic amines) is 1. The molecule has 9 nitrogen and oxygen atoms in total. The second-order valence-corrected chi connectivity index (χ2v) is 16.2. The first kappa shape index (κ1) is 37.1. The number of halogens is 3. The average Bonchev–Trinajstić information content (AvgIpc) is 3.25. The average molecular weight is 741 g/mol. The maximum absolute atomic E-state index is 13.8. The Kier molecular flexibility index (Phi) is 10.6. The van der Waals surface area contributed by atoms with Gasteiger partial charge in [-0.1, -0.05) is 35.9 Å². The number of hydrogen-bond donors (Lipinski definition) is 2. The summed E-state index contributed by atoms with van der Waals surface area (Å²) in [5.41, 5.74) is 6.79. The lowest BCUT2D eigenvalue weighted by Gasteiger charge is -2.46. The van der Waals surface area contributed by atoms with Gasteiger partial charge in [0.05, 0.1) is 31.4 Å². The van der Waals surface area contributed by atoms with Crippen LogP contribution in [0.4, 0.5) is 14.5 Å². The Bertz CT molecular complexity index is 1680. The van der Waals surface area contributed by atoms with Crippen molar-refractivity contribution in [2.75, 3.05) is 64.4 Å². The van der Waals surface area contributed by atoms with E-state index in [1.54, 1.807) is 25.2 Å². The number of carbonyl (C=O) groups is 2. The van der Waals surface area contributed by atoms with Crippen molar-refractivity contribution in [3.05, 3.63) is 70.3 Å². The first-order chi connectivity index (χ1) is 24.9. The van der Waals surface area contributed by atoms with E-state index in [0.29, 0.717) is 69.7 Å². The fourth-order valence-electron chi connectivity index (χ4n) is 8.96. The molecule has 12 heteroatoms. The Hall–Kier alpha value is -3.25. The predicted molar refractivity (Wildman–Crippen MR) is 196 cm³/mol. The highest BCUT2D eigenvalue weighted by molar-refractivity contribution is 6.30. The molecule has 52 heavy (non-hydrogen) atoms. The fraction of sp³-hybridized carbons (Fsp3) is 0.600. The van der Waals surface area contributed by atoms with E-state index in [9.17, 15) is 23.5 Å². The number of nitrogens with zero attached hydrogens (tertiary/aromatic N) is 3. The Morgan fingerprint density at radius 3 is 2.67 bits per heavy atom. The van der Waals surface area contributed by atoms with Crippen molar-refractivity contribution in [3.63, 3.8) is 0 Å². The molecule has 3 aliphatic heterocycles. The van der Waals surface area contributed by atoms with E-state index in [2.05, 4.69) is 28.0 Å². The van der Waals surface area contributed by atoms with Crippen LogP contribution in [0, 0.1) is 11.8 Å². The van der Waals surface area contributed by atoms with Crippen molar-refractivity contribution in [2.24, 2.45) is 17.6 Å². The molecule has 0 aromatic heterocycles. The van der Waals surface area contributed by atoms with Crippen LogP contribution in [0.2, 0.25) is 5.02 Å². The lowest BCUT2D eigenvalue weighted by Crippen LogP contribution is -2.50. The molecule has 5 atom stereocenters. The summed E-state index contributed by atoms with van der Waals surface area (Å²) >= 11 is 6.46. The molecule has 3 heterocycles. The van der Waals surface area contributed by atoms with Crippen LogP contribution in [-0.4, -0.2) is 98.3 Å². The van der Waals surface area contributed by atoms with Crippen LogP contribution in [0.5, 0.6) is 5.75 Å². The zero-order valence-corrected chi connectivity index (χ0v) is 30.8. The van der Waals surface area contributed by atoms with Gasteiger partial charge in [-0.05, 0) is 91.3 Å². The second kappa shape index (κ2) is 14.9. The molecule has 2 aromatic carbocycles. The molecule has 5 aliphatic rings. The molecule has 1 spiro atoms. The number of aryl methyl sites for hydroxylation is 1. The minimum absolute atomic E-state index is 0.119. The van der Waals surface area contributed by atoms with Crippen molar-refractivity contribution < 1.29 is 33.0 Å². The molecule has 3 N–H and O–H groups in total. The van der Waals surface area contributed by atoms with Crippen LogP contribution in [0.1, 0.15) is 68.1 Å². The first-order valence-corrected chi connectivity index (χ1v) is 19.2. The zero-order chi connectivity index (χ0) is 36.7. The summed E-state index contributed by atoms with van der Waals surface area (Å²) in [4.78, 5) is 32.3. The van der Waals surface area contributed by atoms with E-state index in [0.717, 1.165) is 37.8 Å². The third kappa shape index (κ3) is 7.56. The quantitative estimate of drug-likeness (QED) is 0.394. The molecule has 2 fully saturated rings. The van der Waals surface area contributed by atoms with Gasteiger partial charge in [0.1, 0.15) is 5.75 Å². The minimum Gasteiger partial charge on any atom is -0.490 e. The van der Waals surface area contributed by atoms with E-state index in [1.807, 2.05) is 12.1 Å². The molecule has 7 rings (SSSR count). The summed E-state index contributed by atoms with van der Waals surface area (Å²) in [7, 11) is 1.65. The van der Waals surface area contributed by atoms with Crippen LogP contribution in [0.3, 0.4) is 0 Å². The maximum Gasteiger partial charge on any atom is 0.254 e. The molecule has 2 amide bonds. The number of alkyl halides is 2. The van der Waals surface area contributed by atoms with Gasteiger partial charge in [0.25, 0.3) is 11.8 Å². The Balaban J connectivity index is 1.22. The third-order valence-electron chi connectivity index (χ3n) is 12.4. The monoisotopic (exact) mass is 740 g/mol. The van der Waals surface area contributed by atoms with Crippen LogP contribution in [0.15, 0.2) is 48.6 Å². The zero-order valence-electron chi connectivity index (χ0n) is 30.0. The topological polar surface area (TPSA) is 109 Å². The number of fused-ring (bicyclic) bond motifs is 4. The summed E-state index contributed by atoms with van der Waals surface area (Å²) in [5, 5.41) is 12.5. The number of primary amides is 1. The number of aliphatic hydroxyl groups is 1. The van der Waals surface area contributed by atoms with Gasteiger partial charge in [-0.15, -0.1) is 0 Å². The summed E-state index contributed by atoms with van der Waals surface area (Å²) in [6, 6.07) is 11.4.